The molecule has 3 rings (SSSR count). The third-order valence-electron chi connectivity index (χ3n) is 3.41. The molecule has 1 fully saturated rings. The summed E-state index contributed by atoms with van der Waals surface area (Å²) in [4.78, 5) is 11.8. The topological polar surface area (TPSA) is 59.6 Å². The van der Waals surface area contributed by atoms with Gasteiger partial charge in [0.15, 0.2) is 11.5 Å². The van der Waals surface area contributed by atoms with Gasteiger partial charge in [-0.25, -0.2) is 0 Å². The number of ether oxygens (including phenoxy) is 2. The molecule has 1 aromatic carbocycles. The Morgan fingerprint density at radius 2 is 2.11 bits per heavy atom. The van der Waals surface area contributed by atoms with Crippen molar-refractivity contribution >= 4 is 18.3 Å². The summed E-state index contributed by atoms with van der Waals surface area (Å²) < 4.78 is 10.6. The average molecular weight is 285 g/mol. The number of benzene rings is 1. The monoisotopic (exact) mass is 284 g/mol. The van der Waals surface area contributed by atoms with E-state index in [0.29, 0.717) is 0 Å². The van der Waals surface area contributed by atoms with Gasteiger partial charge in [0, 0.05) is 13.1 Å². The number of halogens is 1. The smallest absolute Gasteiger partial charge is 0.231 e. The molecule has 1 atom stereocenters. The largest absolute Gasteiger partial charge is 0.454 e. The fraction of sp³-hybridized carbons (Fsp3) is 0.462. The summed E-state index contributed by atoms with van der Waals surface area (Å²) in [6.07, 6.45) is 0. The van der Waals surface area contributed by atoms with Crippen molar-refractivity contribution < 1.29 is 14.3 Å². The number of rotatable bonds is 3. The van der Waals surface area contributed by atoms with Crippen LogP contribution in [-0.2, 0) is 4.79 Å². The highest BCUT2D eigenvalue weighted by Crippen LogP contribution is 2.34. The highest BCUT2D eigenvalue weighted by atomic mass is 35.5. The first kappa shape index (κ1) is 14.0. The summed E-state index contributed by atoms with van der Waals surface area (Å²) >= 11 is 0. The zero-order valence-electron chi connectivity index (χ0n) is 10.6. The zero-order chi connectivity index (χ0) is 12.5. The summed E-state index contributed by atoms with van der Waals surface area (Å²) in [6.45, 7) is 3.80. The SMILES string of the molecule is CC(NC(=O)C1CNC1)c1ccc2c(c1)OCO2.Cl. The maximum atomic E-state index is 11.8. The Morgan fingerprint density at radius 3 is 2.79 bits per heavy atom. The molecule has 0 saturated carbocycles. The molecule has 2 N–H and O–H groups in total. The number of carbonyl (C=O) groups excluding carboxylic acids is 1. The van der Waals surface area contributed by atoms with E-state index < -0.39 is 0 Å². The Balaban J connectivity index is 0.00000133. The zero-order valence-corrected chi connectivity index (χ0v) is 11.5. The third kappa shape index (κ3) is 2.77. The van der Waals surface area contributed by atoms with E-state index in [2.05, 4.69) is 10.6 Å². The van der Waals surface area contributed by atoms with E-state index in [1.165, 1.54) is 0 Å². The van der Waals surface area contributed by atoms with Crippen LogP contribution in [0.15, 0.2) is 18.2 Å². The summed E-state index contributed by atoms with van der Waals surface area (Å²) in [6, 6.07) is 5.74. The standard InChI is InChI=1S/C13H16N2O3.ClH/c1-8(15-13(16)10-5-14-6-10)9-2-3-11-12(4-9)18-7-17-11;/h2-4,8,10,14H,5-7H2,1H3,(H,15,16);1H. The fourth-order valence-corrected chi connectivity index (χ4v) is 2.07. The van der Waals surface area contributed by atoms with Gasteiger partial charge >= 0.3 is 0 Å². The van der Waals surface area contributed by atoms with Crippen molar-refractivity contribution in [1.82, 2.24) is 10.6 Å². The molecule has 5 nitrogen and oxygen atoms in total. The second kappa shape index (κ2) is 5.67. The molecule has 1 unspecified atom stereocenters. The van der Waals surface area contributed by atoms with E-state index in [-0.39, 0.29) is 37.1 Å². The van der Waals surface area contributed by atoms with Crippen LogP contribution in [0.5, 0.6) is 11.5 Å². The predicted molar refractivity (Wildman–Crippen MR) is 72.7 cm³/mol. The summed E-state index contributed by atoms with van der Waals surface area (Å²) in [5.74, 6) is 1.74. The van der Waals surface area contributed by atoms with Crippen LogP contribution in [0, 0.1) is 5.92 Å². The van der Waals surface area contributed by atoms with Crippen molar-refractivity contribution in [2.24, 2.45) is 5.92 Å². The van der Waals surface area contributed by atoms with E-state index >= 15 is 0 Å². The van der Waals surface area contributed by atoms with Crippen LogP contribution in [0.3, 0.4) is 0 Å². The molecule has 0 spiro atoms. The second-order valence-corrected chi connectivity index (χ2v) is 4.70. The van der Waals surface area contributed by atoms with Gasteiger partial charge in [0.05, 0.1) is 12.0 Å². The van der Waals surface area contributed by atoms with Gasteiger partial charge in [-0.05, 0) is 24.6 Å². The number of amides is 1. The van der Waals surface area contributed by atoms with Gasteiger partial charge in [0.1, 0.15) is 0 Å². The molecule has 1 saturated heterocycles. The molecule has 0 radical (unpaired) electrons. The van der Waals surface area contributed by atoms with Gasteiger partial charge in [-0.2, -0.15) is 0 Å². The third-order valence-corrected chi connectivity index (χ3v) is 3.41. The number of fused-ring (bicyclic) bond motifs is 1. The molecule has 19 heavy (non-hydrogen) atoms. The Labute approximate surface area is 118 Å². The molecule has 1 aromatic rings. The lowest BCUT2D eigenvalue weighted by atomic mass is 10.0. The first-order valence-corrected chi connectivity index (χ1v) is 6.14. The van der Waals surface area contributed by atoms with Gasteiger partial charge in [-0.1, -0.05) is 6.07 Å². The normalized spacial score (nSPS) is 18.2. The van der Waals surface area contributed by atoms with Crippen molar-refractivity contribution in [3.8, 4) is 11.5 Å². The Hall–Kier alpha value is -1.46. The van der Waals surface area contributed by atoms with Gasteiger partial charge in [0.2, 0.25) is 12.7 Å². The molecule has 0 aromatic heterocycles. The van der Waals surface area contributed by atoms with E-state index in [1.54, 1.807) is 0 Å². The van der Waals surface area contributed by atoms with Crippen molar-refractivity contribution in [3.63, 3.8) is 0 Å². The van der Waals surface area contributed by atoms with E-state index in [0.717, 1.165) is 30.2 Å². The quantitative estimate of drug-likeness (QED) is 0.877. The molecule has 1 amide bonds. The first-order valence-electron chi connectivity index (χ1n) is 6.14. The maximum Gasteiger partial charge on any atom is 0.231 e. The number of hydrogen-bond donors (Lipinski definition) is 2. The minimum atomic E-state index is -0.0207. The lowest BCUT2D eigenvalue weighted by molar-refractivity contribution is -0.127. The van der Waals surface area contributed by atoms with Gasteiger partial charge in [-0.15, -0.1) is 12.4 Å². The minimum absolute atomic E-state index is 0. The van der Waals surface area contributed by atoms with Crippen LogP contribution in [0.4, 0.5) is 0 Å². The Kier molecular flexibility index (Phi) is 4.17. The molecular formula is C13H17ClN2O3. The molecule has 0 aliphatic carbocycles. The lowest BCUT2D eigenvalue weighted by Crippen LogP contribution is -2.51. The van der Waals surface area contributed by atoms with Crippen molar-refractivity contribution in [2.45, 2.75) is 13.0 Å². The molecule has 6 heteroatoms. The van der Waals surface area contributed by atoms with Crippen LogP contribution < -0.4 is 20.1 Å². The van der Waals surface area contributed by atoms with Crippen LogP contribution in [0.1, 0.15) is 18.5 Å². The fourth-order valence-electron chi connectivity index (χ4n) is 2.07. The molecule has 2 aliphatic rings. The minimum Gasteiger partial charge on any atom is -0.454 e. The number of nitrogens with one attached hydrogen (secondary N) is 2. The number of carbonyl (C=O) groups is 1. The second-order valence-electron chi connectivity index (χ2n) is 4.70. The highest BCUT2D eigenvalue weighted by molar-refractivity contribution is 5.85. The van der Waals surface area contributed by atoms with Crippen LogP contribution in [-0.4, -0.2) is 25.8 Å². The first-order chi connectivity index (χ1) is 8.74. The molecule has 104 valence electrons. The van der Waals surface area contributed by atoms with Crippen LogP contribution in [0.2, 0.25) is 0 Å². The molecule has 0 bridgehead atoms. The van der Waals surface area contributed by atoms with E-state index in [4.69, 9.17) is 9.47 Å². The van der Waals surface area contributed by atoms with Gasteiger partial charge in [0.25, 0.3) is 0 Å². The van der Waals surface area contributed by atoms with E-state index in [9.17, 15) is 4.79 Å². The predicted octanol–water partition coefficient (Wildman–Crippen LogP) is 1.23. The number of hydrogen-bond acceptors (Lipinski definition) is 4. The van der Waals surface area contributed by atoms with Gasteiger partial charge in [-0.3, -0.25) is 4.79 Å². The summed E-state index contributed by atoms with van der Waals surface area (Å²) in [5, 5.41) is 6.11. The van der Waals surface area contributed by atoms with Crippen LogP contribution in [0.25, 0.3) is 0 Å². The van der Waals surface area contributed by atoms with Crippen molar-refractivity contribution in [1.29, 1.82) is 0 Å². The lowest BCUT2D eigenvalue weighted by Gasteiger charge is -2.27. The summed E-state index contributed by atoms with van der Waals surface area (Å²) in [7, 11) is 0. The summed E-state index contributed by atoms with van der Waals surface area (Å²) in [5.41, 5.74) is 1.03. The van der Waals surface area contributed by atoms with E-state index in [1.807, 2.05) is 25.1 Å². The average Bonchev–Trinajstić information content (AvgIpc) is 2.72. The highest BCUT2D eigenvalue weighted by Gasteiger charge is 2.26. The van der Waals surface area contributed by atoms with Gasteiger partial charge < -0.3 is 20.1 Å². The Morgan fingerprint density at radius 1 is 1.37 bits per heavy atom. The molecule has 2 aliphatic heterocycles. The van der Waals surface area contributed by atoms with Crippen LogP contribution >= 0.6 is 12.4 Å². The molecular weight excluding hydrogens is 268 g/mol. The maximum absolute atomic E-state index is 11.8. The van der Waals surface area contributed by atoms with Crippen molar-refractivity contribution in [2.75, 3.05) is 19.9 Å². The Bertz CT molecular complexity index is 477. The van der Waals surface area contributed by atoms with Crippen molar-refractivity contribution in [3.05, 3.63) is 23.8 Å². The molecule has 2 heterocycles.